The quantitative estimate of drug-likeness (QED) is 0.182. The van der Waals surface area contributed by atoms with Gasteiger partial charge in [0.1, 0.15) is 23.8 Å². The molecule has 0 aliphatic carbocycles. The number of anilines is 1. The first-order valence-electron chi connectivity index (χ1n) is 13.6. The zero-order chi connectivity index (χ0) is 31.3. The van der Waals surface area contributed by atoms with Gasteiger partial charge in [-0.25, -0.2) is 9.59 Å². The molecule has 2 heterocycles. The standard InChI is InChI=1S/C30H34N6O7/c1-16(2)21(15-37)27(29(41)34-23(28(31)40)13-26(38)39)35-25-12-20-19-6-4-5-7-22(19)33-24(20)14-36(25)30(42)32-17-8-10-18(43-3)11-9-17/h4-11,16,23,25,27,33,35H,12-14H2,1-3H3,(H2,31,40)(H,32,42)(H,34,41)(H,38,39)/t23-,25+,27-/m0/s1. The van der Waals surface area contributed by atoms with E-state index in [1.807, 2.05) is 30.2 Å². The Balaban J connectivity index is 1.70. The molecule has 3 atom stereocenters. The van der Waals surface area contributed by atoms with Crippen LogP contribution in [0.2, 0.25) is 0 Å². The van der Waals surface area contributed by atoms with Crippen LogP contribution >= 0.6 is 0 Å². The van der Waals surface area contributed by atoms with Gasteiger partial charge in [-0.05, 0) is 41.8 Å². The number of nitrogens with zero attached hydrogens (tertiary/aromatic N) is 1. The molecule has 0 saturated carbocycles. The molecule has 43 heavy (non-hydrogen) atoms. The molecule has 7 N–H and O–H groups in total. The van der Waals surface area contributed by atoms with Crippen molar-refractivity contribution >= 4 is 46.3 Å². The Kier molecular flexibility index (Phi) is 9.49. The fourth-order valence-electron chi connectivity index (χ4n) is 5.10. The van der Waals surface area contributed by atoms with Crippen molar-refractivity contribution in [3.8, 4) is 5.75 Å². The molecule has 0 unspecified atom stereocenters. The molecule has 13 nitrogen and oxygen atoms in total. The number of aromatic nitrogens is 1. The predicted octanol–water partition coefficient (Wildman–Crippen LogP) is 1.91. The van der Waals surface area contributed by atoms with E-state index in [-0.39, 0.29) is 18.5 Å². The van der Waals surface area contributed by atoms with Gasteiger partial charge in [-0.2, -0.15) is 0 Å². The molecular formula is C30H34N6O7. The molecule has 13 heteroatoms. The number of nitrogens with one attached hydrogen (secondary N) is 4. The smallest absolute Gasteiger partial charge is 0.323 e. The number of ether oxygens (including phenoxy) is 1. The molecular weight excluding hydrogens is 556 g/mol. The van der Waals surface area contributed by atoms with E-state index in [1.54, 1.807) is 38.1 Å². The van der Waals surface area contributed by atoms with E-state index in [0.717, 1.165) is 22.2 Å². The highest BCUT2D eigenvalue weighted by molar-refractivity contribution is 5.94. The Morgan fingerprint density at radius 2 is 1.84 bits per heavy atom. The summed E-state index contributed by atoms with van der Waals surface area (Å²) in [6, 6.07) is 11.1. The second-order valence-electron chi connectivity index (χ2n) is 10.5. The summed E-state index contributed by atoms with van der Waals surface area (Å²) in [4.78, 5) is 67.4. The highest BCUT2D eigenvalue weighted by Gasteiger charge is 2.38. The average Bonchev–Trinajstić information content (AvgIpc) is 3.33. The summed E-state index contributed by atoms with van der Waals surface area (Å²) in [7, 11) is 1.54. The van der Waals surface area contributed by atoms with Gasteiger partial charge in [0, 0.05) is 34.3 Å². The van der Waals surface area contributed by atoms with E-state index in [9.17, 15) is 29.1 Å². The van der Waals surface area contributed by atoms with Crippen LogP contribution in [0.3, 0.4) is 0 Å². The minimum Gasteiger partial charge on any atom is -0.497 e. The van der Waals surface area contributed by atoms with Gasteiger partial charge in [-0.15, -0.1) is 0 Å². The van der Waals surface area contributed by atoms with Crippen molar-refractivity contribution in [2.45, 2.75) is 51.5 Å². The number of carboxylic acid groups (broad SMARTS) is 1. The van der Waals surface area contributed by atoms with E-state index in [0.29, 0.717) is 11.4 Å². The number of urea groups is 1. The first-order chi connectivity index (χ1) is 20.5. The number of H-pyrrole nitrogens is 1. The number of amides is 4. The number of carbonyl (C=O) groups is 4. The van der Waals surface area contributed by atoms with Gasteiger partial charge < -0.3 is 36.1 Å². The van der Waals surface area contributed by atoms with E-state index < -0.39 is 54.4 Å². The molecule has 4 rings (SSSR count). The Morgan fingerprint density at radius 1 is 1.14 bits per heavy atom. The fourth-order valence-corrected chi connectivity index (χ4v) is 5.10. The normalized spacial score (nSPS) is 15.6. The molecule has 1 aromatic heterocycles. The number of fused-ring (bicyclic) bond motifs is 3. The van der Waals surface area contributed by atoms with Gasteiger partial charge in [0.2, 0.25) is 11.8 Å². The van der Waals surface area contributed by atoms with Crippen LogP contribution in [-0.2, 0) is 32.1 Å². The van der Waals surface area contributed by atoms with Crippen molar-refractivity contribution in [1.82, 2.24) is 20.5 Å². The van der Waals surface area contributed by atoms with Crippen LogP contribution in [0, 0.1) is 5.92 Å². The van der Waals surface area contributed by atoms with Crippen LogP contribution in [-0.4, -0.2) is 70.1 Å². The molecule has 3 aromatic rings. The van der Waals surface area contributed by atoms with Crippen LogP contribution in [0.15, 0.2) is 54.1 Å². The number of aromatic amines is 1. The van der Waals surface area contributed by atoms with Crippen LogP contribution in [0.4, 0.5) is 10.5 Å². The van der Waals surface area contributed by atoms with E-state index in [4.69, 9.17) is 10.5 Å². The largest absolute Gasteiger partial charge is 0.497 e. The first kappa shape index (κ1) is 30.8. The molecule has 0 saturated heterocycles. The van der Waals surface area contributed by atoms with E-state index in [1.165, 1.54) is 12.0 Å². The summed E-state index contributed by atoms with van der Waals surface area (Å²) in [5, 5.41) is 18.5. The van der Waals surface area contributed by atoms with Gasteiger partial charge >= 0.3 is 12.0 Å². The maximum Gasteiger partial charge on any atom is 0.323 e. The van der Waals surface area contributed by atoms with Gasteiger partial charge in [-0.1, -0.05) is 32.0 Å². The molecule has 1 aliphatic heterocycles. The van der Waals surface area contributed by atoms with Crippen molar-refractivity contribution in [1.29, 1.82) is 0 Å². The highest BCUT2D eigenvalue weighted by Crippen LogP contribution is 2.31. The molecule has 0 fully saturated rings. The minimum absolute atomic E-state index is 0.0243. The molecule has 0 bridgehead atoms. The number of hydrogen-bond acceptors (Lipinski definition) is 7. The lowest BCUT2D eigenvalue weighted by Crippen LogP contribution is -2.61. The Morgan fingerprint density at radius 3 is 2.44 bits per heavy atom. The Bertz CT molecular complexity index is 1580. The van der Waals surface area contributed by atoms with Crippen molar-refractivity contribution in [2.75, 3.05) is 12.4 Å². The lowest BCUT2D eigenvalue weighted by molar-refractivity contribution is -0.140. The van der Waals surface area contributed by atoms with Crippen molar-refractivity contribution in [2.24, 2.45) is 11.7 Å². The lowest BCUT2D eigenvalue weighted by Gasteiger charge is -2.38. The number of hydrogen-bond donors (Lipinski definition) is 6. The number of aliphatic carboxylic acids is 1. The highest BCUT2D eigenvalue weighted by atomic mass is 16.5. The summed E-state index contributed by atoms with van der Waals surface area (Å²) in [6.45, 7) is 3.53. The summed E-state index contributed by atoms with van der Waals surface area (Å²) >= 11 is 0. The van der Waals surface area contributed by atoms with Crippen LogP contribution in [0.5, 0.6) is 5.75 Å². The molecule has 0 radical (unpaired) electrons. The zero-order valence-electron chi connectivity index (χ0n) is 24.0. The van der Waals surface area contributed by atoms with Gasteiger partial charge in [0.05, 0.1) is 26.2 Å². The zero-order valence-corrected chi connectivity index (χ0v) is 24.0. The summed E-state index contributed by atoms with van der Waals surface area (Å²) < 4.78 is 5.19. The predicted molar refractivity (Wildman–Crippen MR) is 158 cm³/mol. The third-order valence-corrected chi connectivity index (χ3v) is 7.32. The Labute approximate surface area is 247 Å². The number of benzene rings is 2. The van der Waals surface area contributed by atoms with Crippen LogP contribution in [0.1, 0.15) is 31.5 Å². The molecule has 4 amide bonds. The van der Waals surface area contributed by atoms with Crippen LogP contribution in [0.25, 0.3) is 10.9 Å². The lowest BCUT2D eigenvalue weighted by atomic mass is 9.94. The van der Waals surface area contributed by atoms with E-state index >= 15 is 0 Å². The summed E-state index contributed by atoms with van der Waals surface area (Å²) in [6.07, 6.45) is -1.29. The van der Waals surface area contributed by atoms with Crippen molar-refractivity contribution in [3.05, 3.63) is 65.4 Å². The maximum absolute atomic E-state index is 13.7. The second kappa shape index (κ2) is 13.2. The van der Waals surface area contributed by atoms with Gasteiger partial charge in [-0.3, -0.25) is 19.7 Å². The number of carbonyl (C=O) groups excluding carboxylic acids is 4. The molecule has 1 aliphatic rings. The molecule has 226 valence electrons. The number of methoxy groups -OCH3 is 1. The Hall–Kier alpha value is -5.13. The average molecular weight is 591 g/mol. The maximum atomic E-state index is 13.7. The third kappa shape index (κ3) is 7.03. The number of nitrogens with two attached hydrogens (primary N) is 1. The van der Waals surface area contributed by atoms with Gasteiger partial charge in [0.25, 0.3) is 0 Å². The second-order valence-corrected chi connectivity index (χ2v) is 10.5. The summed E-state index contributed by atoms with van der Waals surface area (Å²) in [5.74, 6) is -1.25. The van der Waals surface area contributed by atoms with Crippen molar-refractivity contribution in [3.63, 3.8) is 0 Å². The van der Waals surface area contributed by atoms with Gasteiger partial charge in [0.15, 0.2) is 0 Å². The number of primary amides is 1. The monoisotopic (exact) mass is 590 g/mol. The SMILES string of the molecule is COc1ccc(NC(=O)N2Cc3[nH]c4ccccc4c3C[C@@H]2N[C@H](C(=O)N[C@@H](CC(=O)O)C(N)=O)C(=C=O)C(C)C)cc1. The number of carboxylic acids is 1. The minimum atomic E-state index is -1.52. The molecule has 2 aromatic carbocycles. The van der Waals surface area contributed by atoms with Crippen LogP contribution < -0.4 is 26.4 Å². The third-order valence-electron chi connectivity index (χ3n) is 7.32. The summed E-state index contributed by atoms with van der Waals surface area (Å²) in [5.41, 5.74) is 8.50. The molecule has 0 spiro atoms. The number of para-hydroxylation sites is 1. The fraction of sp³-hybridized carbons (Fsp3) is 0.333. The van der Waals surface area contributed by atoms with Crippen molar-refractivity contribution < 1.29 is 33.8 Å². The van der Waals surface area contributed by atoms with E-state index in [2.05, 4.69) is 20.9 Å². The first-order valence-corrected chi connectivity index (χ1v) is 13.6. The number of rotatable bonds is 11. The topological polar surface area (TPSA) is 196 Å².